The molecular formula is C15H20N6OS2. The number of aromatic nitrogens is 4. The summed E-state index contributed by atoms with van der Waals surface area (Å²) in [6.45, 7) is 4.56. The highest BCUT2D eigenvalue weighted by Crippen LogP contribution is 2.22. The Morgan fingerprint density at radius 3 is 2.71 bits per heavy atom. The number of rotatable bonds is 7. The summed E-state index contributed by atoms with van der Waals surface area (Å²) in [6, 6.07) is 0. The highest BCUT2D eigenvalue weighted by atomic mass is 32.2. The molecule has 0 atom stereocenters. The Bertz CT molecular complexity index is 669. The predicted octanol–water partition coefficient (Wildman–Crippen LogP) is 2.15. The number of hydrogen-bond donors (Lipinski definition) is 1. The number of carbonyl (C=O) groups is 1. The number of thioether (sulfide) groups is 1. The summed E-state index contributed by atoms with van der Waals surface area (Å²) in [5.41, 5.74) is 0.505. The van der Waals surface area contributed by atoms with Gasteiger partial charge in [-0.1, -0.05) is 23.1 Å². The molecule has 1 aliphatic rings. The van der Waals surface area contributed by atoms with Gasteiger partial charge in [0.1, 0.15) is 5.01 Å². The minimum atomic E-state index is -0.125. The summed E-state index contributed by atoms with van der Waals surface area (Å²) in [4.78, 5) is 22.8. The van der Waals surface area contributed by atoms with Crippen LogP contribution in [0.25, 0.3) is 0 Å². The first-order chi connectivity index (χ1) is 11.7. The lowest BCUT2D eigenvalue weighted by Crippen LogP contribution is -2.26. The number of nitrogens with one attached hydrogen (secondary N) is 1. The van der Waals surface area contributed by atoms with E-state index in [1.807, 2.05) is 6.92 Å². The summed E-state index contributed by atoms with van der Waals surface area (Å²) in [6.07, 6.45) is 6.45. The molecule has 0 aromatic carbocycles. The fraction of sp³-hybridized carbons (Fsp3) is 0.533. The summed E-state index contributed by atoms with van der Waals surface area (Å²) in [5, 5.41) is 11.9. The lowest BCUT2D eigenvalue weighted by Gasteiger charge is -2.14. The Morgan fingerprint density at radius 1 is 1.29 bits per heavy atom. The maximum atomic E-state index is 12.1. The molecule has 1 fully saturated rings. The third-order valence-electron chi connectivity index (χ3n) is 3.63. The van der Waals surface area contributed by atoms with Crippen molar-refractivity contribution in [3.63, 3.8) is 0 Å². The van der Waals surface area contributed by atoms with Crippen LogP contribution >= 0.6 is 23.1 Å². The number of aryl methyl sites for hydroxylation is 1. The maximum absolute atomic E-state index is 12.1. The van der Waals surface area contributed by atoms with E-state index >= 15 is 0 Å². The van der Waals surface area contributed by atoms with Gasteiger partial charge in [-0.3, -0.25) is 4.79 Å². The third kappa shape index (κ3) is 4.64. The number of amides is 1. The van der Waals surface area contributed by atoms with Crippen molar-refractivity contribution in [2.75, 3.05) is 30.3 Å². The molecule has 2 aromatic rings. The molecule has 1 amide bonds. The van der Waals surface area contributed by atoms with Gasteiger partial charge in [0.25, 0.3) is 5.91 Å². The molecule has 1 aliphatic heterocycles. The second kappa shape index (κ2) is 8.39. The van der Waals surface area contributed by atoms with E-state index in [0.717, 1.165) is 34.6 Å². The van der Waals surface area contributed by atoms with Crippen LogP contribution in [0.2, 0.25) is 0 Å². The Morgan fingerprint density at radius 2 is 2.04 bits per heavy atom. The summed E-state index contributed by atoms with van der Waals surface area (Å²) < 4.78 is 0.977. The van der Waals surface area contributed by atoms with Crippen LogP contribution < -0.4 is 10.2 Å². The molecule has 0 aliphatic carbocycles. The van der Waals surface area contributed by atoms with Gasteiger partial charge in [-0.25, -0.2) is 9.97 Å². The lowest BCUT2D eigenvalue weighted by atomic mass is 10.3. The van der Waals surface area contributed by atoms with Crippen LogP contribution in [-0.4, -0.2) is 51.5 Å². The van der Waals surface area contributed by atoms with Crippen molar-refractivity contribution in [1.82, 2.24) is 25.5 Å². The van der Waals surface area contributed by atoms with E-state index in [2.05, 4.69) is 30.4 Å². The summed E-state index contributed by atoms with van der Waals surface area (Å²) >= 11 is 3.26. The molecule has 24 heavy (non-hydrogen) atoms. The van der Waals surface area contributed by atoms with Crippen molar-refractivity contribution in [2.45, 2.75) is 30.5 Å². The molecule has 9 heteroatoms. The molecule has 0 unspecified atom stereocenters. The van der Waals surface area contributed by atoms with Crippen LogP contribution in [0, 0.1) is 6.92 Å². The molecule has 3 heterocycles. The molecule has 3 rings (SSSR count). The topological polar surface area (TPSA) is 83.9 Å². The van der Waals surface area contributed by atoms with Gasteiger partial charge in [-0.15, -0.1) is 10.2 Å². The van der Waals surface area contributed by atoms with Gasteiger partial charge in [0.15, 0.2) is 4.34 Å². The molecular weight excluding hydrogens is 344 g/mol. The van der Waals surface area contributed by atoms with Crippen LogP contribution in [0.1, 0.15) is 34.6 Å². The number of carbonyl (C=O) groups excluding carboxylic acids is 1. The van der Waals surface area contributed by atoms with E-state index in [9.17, 15) is 4.79 Å². The largest absolute Gasteiger partial charge is 0.352 e. The first kappa shape index (κ1) is 17.1. The average molecular weight is 365 g/mol. The Kier molecular flexibility index (Phi) is 5.97. The van der Waals surface area contributed by atoms with Gasteiger partial charge < -0.3 is 10.2 Å². The standard InChI is InChI=1S/C15H20N6OS2/c1-11-19-20-15(24-11)23-8-4-5-16-13(22)12-9-17-14(18-10-12)21-6-2-3-7-21/h9-10H,2-8H2,1H3,(H,16,22). The zero-order valence-corrected chi connectivity index (χ0v) is 15.2. The highest BCUT2D eigenvalue weighted by molar-refractivity contribution is 8.01. The zero-order valence-electron chi connectivity index (χ0n) is 13.6. The van der Waals surface area contributed by atoms with E-state index in [4.69, 9.17) is 0 Å². The van der Waals surface area contributed by atoms with Crippen LogP contribution in [0.4, 0.5) is 5.95 Å². The molecule has 0 bridgehead atoms. The summed E-state index contributed by atoms with van der Waals surface area (Å²) in [7, 11) is 0. The SMILES string of the molecule is Cc1nnc(SCCCNC(=O)c2cnc(N3CCCC3)nc2)s1. The number of anilines is 1. The van der Waals surface area contributed by atoms with Crippen LogP contribution in [0.5, 0.6) is 0 Å². The average Bonchev–Trinajstić information content (AvgIpc) is 3.26. The smallest absolute Gasteiger partial charge is 0.254 e. The van der Waals surface area contributed by atoms with E-state index in [1.54, 1.807) is 35.5 Å². The quantitative estimate of drug-likeness (QED) is 0.595. The first-order valence-electron chi connectivity index (χ1n) is 8.00. The fourth-order valence-electron chi connectivity index (χ4n) is 2.39. The first-order valence-corrected chi connectivity index (χ1v) is 9.81. The van der Waals surface area contributed by atoms with Crippen molar-refractivity contribution in [3.05, 3.63) is 23.0 Å². The van der Waals surface area contributed by atoms with Gasteiger partial charge in [0.2, 0.25) is 5.95 Å². The van der Waals surface area contributed by atoms with Crippen LogP contribution in [0.3, 0.4) is 0 Å². The van der Waals surface area contributed by atoms with Crippen molar-refractivity contribution < 1.29 is 4.79 Å². The number of nitrogens with zero attached hydrogens (tertiary/aromatic N) is 5. The molecule has 0 saturated carbocycles. The van der Waals surface area contributed by atoms with Gasteiger partial charge in [0, 0.05) is 37.8 Å². The van der Waals surface area contributed by atoms with E-state index in [1.165, 1.54) is 12.8 Å². The van der Waals surface area contributed by atoms with Crippen molar-refractivity contribution in [1.29, 1.82) is 0 Å². The molecule has 1 saturated heterocycles. The van der Waals surface area contributed by atoms with Crippen molar-refractivity contribution in [3.8, 4) is 0 Å². The molecule has 0 spiro atoms. The maximum Gasteiger partial charge on any atom is 0.254 e. The lowest BCUT2D eigenvalue weighted by molar-refractivity contribution is 0.0953. The summed E-state index contributed by atoms with van der Waals surface area (Å²) in [5.74, 6) is 1.49. The molecule has 2 aromatic heterocycles. The monoisotopic (exact) mass is 364 g/mol. The van der Waals surface area contributed by atoms with Gasteiger partial charge in [-0.05, 0) is 26.2 Å². The Hall–Kier alpha value is -1.74. The second-order valence-corrected chi connectivity index (χ2v) is 8.03. The predicted molar refractivity (Wildman–Crippen MR) is 95.8 cm³/mol. The molecule has 1 N–H and O–H groups in total. The van der Waals surface area contributed by atoms with Crippen molar-refractivity contribution >= 4 is 35.0 Å². The van der Waals surface area contributed by atoms with Gasteiger partial charge in [0.05, 0.1) is 5.56 Å². The molecule has 0 radical (unpaired) electrons. The second-order valence-electron chi connectivity index (χ2n) is 5.51. The van der Waals surface area contributed by atoms with E-state index in [-0.39, 0.29) is 5.91 Å². The Labute approximate surface area is 149 Å². The van der Waals surface area contributed by atoms with Crippen LogP contribution in [0.15, 0.2) is 16.7 Å². The Balaban J connectivity index is 1.38. The number of hydrogen-bond acceptors (Lipinski definition) is 8. The van der Waals surface area contributed by atoms with Gasteiger partial charge >= 0.3 is 0 Å². The zero-order chi connectivity index (χ0) is 16.8. The minimum absolute atomic E-state index is 0.125. The van der Waals surface area contributed by atoms with Gasteiger partial charge in [-0.2, -0.15) is 0 Å². The van der Waals surface area contributed by atoms with E-state index in [0.29, 0.717) is 18.1 Å². The normalized spacial score (nSPS) is 14.1. The van der Waals surface area contributed by atoms with E-state index < -0.39 is 0 Å². The fourth-order valence-corrected chi connectivity index (χ4v) is 4.22. The van der Waals surface area contributed by atoms with Crippen LogP contribution in [-0.2, 0) is 0 Å². The molecule has 7 nitrogen and oxygen atoms in total. The minimum Gasteiger partial charge on any atom is -0.352 e. The van der Waals surface area contributed by atoms with Crippen molar-refractivity contribution in [2.24, 2.45) is 0 Å². The third-order valence-corrected chi connectivity index (χ3v) is 5.69. The molecule has 128 valence electrons. The highest BCUT2D eigenvalue weighted by Gasteiger charge is 2.15.